The molecule has 0 spiro atoms. The summed E-state index contributed by atoms with van der Waals surface area (Å²) in [4.78, 5) is 5.28. The smallest absolute Gasteiger partial charge is 0.115 e. The fraction of sp³-hybridized carbons (Fsp3) is 0.0714. The summed E-state index contributed by atoms with van der Waals surface area (Å²) in [7, 11) is 0. The topological polar surface area (TPSA) is 33.1 Å². The number of aliphatic hydroxyl groups excluding tert-OH is 1. The average molecular weight is 320 g/mol. The van der Waals surface area contributed by atoms with E-state index >= 15 is 0 Å². The maximum absolute atomic E-state index is 10.5. The molecule has 4 heteroatoms. The Hall–Kier alpha value is -1.23. The van der Waals surface area contributed by atoms with E-state index < -0.39 is 6.10 Å². The van der Waals surface area contributed by atoms with Gasteiger partial charge in [-0.3, -0.25) is 4.98 Å². The van der Waals surface area contributed by atoms with Gasteiger partial charge in [0.15, 0.2) is 0 Å². The summed E-state index contributed by atoms with van der Waals surface area (Å²) < 4.78 is 0.995. The van der Waals surface area contributed by atoms with Crippen LogP contribution in [-0.4, -0.2) is 10.1 Å². The van der Waals surface area contributed by atoms with Crippen LogP contribution in [0.4, 0.5) is 0 Å². The van der Waals surface area contributed by atoms with Crippen molar-refractivity contribution >= 4 is 38.2 Å². The highest BCUT2D eigenvalue weighted by molar-refractivity contribution is 9.10. The molecule has 0 aliphatic heterocycles. The summed E-state index contributed by atoms with van der Waals surface area (Å²) in [6, 6.07) is 11.7. The summed E-state index contributed by atoms with van der Waals surface area (Å²) in [5, 5.41) is 13.5. The number of benzene rings is 1. The Balaban J connectivity index is 2.14. The van der Waals surface area contributed by atoms with Crippen LogP contribution in [0.5, 0.6) is 0 Å². The molecule has 0 saturated heterocycles. The molecule has 90 valence electrons. The largest absolute Gasteiger partial charge is 0.383 e. The van der Waals surface area contributed by atoms with Crippen LogP contribution in [0, 0.1) is 0 Å². The van der Waals surface area contributed by atoms with Gasteiger partial charge in [-0.05, 0) is 28.1 Å². The van der Waals surface area contributed by atoms with Crippen LogP contribution in [0.3, 0.4) is 0 Å². The van der Waals surface area contributed by atoms with Gasteiger partial charge in [0.25, 0.3) is 0 Å². The molecule has 2 aromatic heterocycles. The highest BCUT2D eigenvalue weighted by Gasteiger charge is 2.15. The molecule has 1 atom stereocenters. The maximum atomic E-state index is 10.5. The third-order valence-corrected chi connectivity index (χ3v) is 4.56. The lowest BCUT2D eigenvalue weighted by atomic mass is 10.0. The van der Waals surface area contributed by atoms with Gasteiger partial charge in [0, 0.05) is 31.9 Å². The number of para-hydroxylation sites is 1. The summed E-state index contributed by atoms with van der Waals surface area (Å²) in [5.74, 6) is 0. The van der Waals surface area contributed by atoms with Gasteiger partial charge in [0.1, 0.15) is 6.10 Å². The molecule has 1 N–H and O–H groups in total. The predicted octanol–water partition coefficient (Wildman–Crippen LogP) is 4.14. The third-order valence-electron chi connectivity index (χ3n) is 2.82. The quantitative estimate of drug-likeness (QED) is 0.770. The van der Waals surface area contributed by atoms with E-state index in [4.69, 9.17) is 0 Å². The van der Waals surface area contributed by atoms with Crippen molar-refractivity contribution in [3.63, 3.8) is 0 Å². The molecule has 0 aliphatic carbocycles. The minimum absolute atomic E-state index is 0.625. The van der Waals surface area contributed by atoms with Gasteiger partial charge in [-0.15, -0.1) is 11.3 Å². The van der Waals surface area contributed by atoms with E-state index in [9.17, 15) is 5.11 Å². The number of fused-ring (bicyclic) bond motifs is 1. The van der Waals surface area contributed by atoms with Gasteiger partial charge >= 0.3 is 0 Å². The zero-order valence-corrected chi connectivity index (χ0v) is 11.8. The molecule has 18 heavy (non-hydrogen) atoms. The van der Waals surface area contributed by atoms with Crippen LogP contribution >= 0.6 is 27.3 Å². The first kappa shape index (κ1) is 11.8. The van der Waals surface area contributed by atoms with Crippen molar-refractivity contribution in [3.8, 4) is 0 Å². The van der Waals surface area contributed by atoms with Crippen molar-refractivity contribution in [2.75, 3.05) is 0 Å². The minimum atomic E-state index is -0.625. The normalized spacial score (nSPS) is 12.8. The molecule has 2 nitrogen and oxygen atoms in total. The second-order valence-corrected chi connectivity index (χ2v) is 5.85. The maximum Gasteiger partial charge on any atom is 0.115 e. The lowest BCUT2D eigenvalue weighted by Gasteiger charge is -2.11. The fourth-order valence-electron chi connectivity index (χ4n) is 1.97. The third kappa shape index (κ3) is 2.07. The second kappa shape index (κ2) is 4.80. The summed E-state index contributed by atoms with van der Waals surface area (Å²) in [6.45, 7) is 0. The summed E-state index contributed by atoms with van der Waals surface area (Å²) in [6.07, 6.45) is 1.13. The van der Waals surface area contributed by atoms with Gasteiger partial charge in [0.05, 0.1) is 5.52 Å². The van der Waals surface area contributed by atoms with Crippen LogP contribution in [-0.2, 0) is 0 Å². The molecule has 0 aliphatic rings. The first-order valence-corrected chi connectivity index (χ1v) is 7.18. The number of hydrogen-bond acceptors (Lipinski definition) is 3. The molecule has 2 heterocycles. The van der Waals surface area contributed by atoms with Crippen LogP contribution in [0.15, 0.2) is 52.4 Å². The van der Waals surface area contributed by atoms with Gasteiger partial charge in [-0.1, -0.05) is 24.3 Å². The molecule has 0 amide bonds. The Kier molecular flexibility index (Phi) is 3.16. The van der Waals surface area contributed by atoms with E-state index in [0.29, 0.717) is 0 Å². The van der Waals surface area contributed by atoms with E-state index in [1.54, 1.807) is 6.20 Å². The number of aliphatic hydroxyl groups is 1. The predicted molar refractivity (Wildman–Crippen MR) is 77.8 cm³/mol. The standard InChI is InChI=1S/C14H10BrNOS/c15-10-7-12(18-8-10)14(17)11-5-1-3-9-4-2-6-16-13(9)11/h1-8,14,17H. The van der Waals surface area contributed by atoms with Gasteiger partial charge < -0.3 is 5.11 Å². The molecular weight excluding hydrogens is 310 g/mol. The van der Waals surface area contributed by atoms with Gasteiger partial charge in [0.2, 0.25) is 0 Å². The first-order valence-electron chi connectivity index (χ1n) is 5.51. The summed E-state index contributed by atoms with van der Waals surface area (Å²) in [5.41, 5.74) is 1.71. The Bertz CT molecular complexity index is 690. The van der Waals surface area contributed by atoms with Crippen molar-refractivity contribution < 1.29 is 5.11 Å². The molecule has 0 bridgehead atoms. The van der Waals surface area contributed by atoms with Crippen LogP contribution in [0.2, 0.25) is 0 Å². The highest BCUT2D eigenvalue weighted by atomic mass is 79.9. The number of halogens is 1. The van der Waals surface area contributed by atoms with Crippen LogP contribution in [0.1, 0.15) is 16.5 Å². The number of rotatable bonds is 2. The molecular formula is C14H10BrNOS. The lowest BCUT2D eigenvalue weighted by molar-refractivity contribution is 0.225. The van der Waals surface area contributed by atoms with E-state index in [2.05, 4.69) is 20.9 Å². The van der Waals surface area contributed by atoms with Crippen LogP contribution < -0.4 is 0 Å². The zero-order valence-electron chi connectivity index (χ0n) is 9.38. The lowest BCUT2D eigenvalue weighted by Crippen LogP contribution is -1.99. The Morgan fingerprint density at radius 3 is 2.83 bits per heavy atom. The number of pyridine rings is 1. The van der Waals surface area contributed by atoms with Gasteiger partial charge in [-0.25, -0.2) is 0 Å². The zero-order chi connectivity index (χ0) is 12.5. The molecule has 3 rings (SSSR count). The number of nitrogens with zero attached hydrogens (tertiary/aromatic N) is 1. The highest BCUT2D eigenvalue weighted by Crippen LogP contribution is 2.32. The number of thiophene rings is 1. The van der Waals surface area contributed by atoms with Crippen molar-refractivity contribution in [2.24, 2.45) is 0 Å². The fourth-order valence-corrected chi connectivity index (χ4v) is 3.42. The van der Waals surface area contributed by atoms with E-state index in [1.807, 2.05) is 41.8 Å². The van der Waals surface area contributed by atoms with Crippen molar-refractivity contribution in [2.45, 2.75) is 6.10 Å². The second-order valence-electron chi connectivity index (χ2n) is 3.99. The molecule has 1 aromatic carbocycles. The molecule has 0 radical (unpaired) electrons. The molecule has 0 saturated carbocycles. The van der Waals surface area contributed by atoms with Crippen molar-refractivity contribution in [1.82, 2.24) is 4.98 Å². The van der Waals surface area contributed by atoms with E-state index in [0.717, 1.165) is 25.8 Å². The molecule has 1 unspecified atom stereocenters. The van der Waals surface area contributed by atoms with E-state index in [-0.39, 0.29) is 0 Å². The van der Waals surface area contributed by atoms with E-state index in [1.165, 1.54) is 11.3 Å². The number of aromatic nitrogens is 1. The number of hydrogen-bond donors (Lipinski definition) is 1. The monoisotopic (exact) mass is 319 g/mol. The van der Waals surface area contributed by atoms with Gasteiger partial charge in [-0.2, -0.15) is 0 Å². The molecule has 0 fully saturated rings. The van der Waals surface area contributed by atoms with Crippen LogP contribution in [0.25, 0.3) is 10.9 Å². The Morgan fingerprint density at radius 1 is 1.22 bits per heavy atom. The average Bonchev–Trinajstić information content (AvgIpc) is 2.84. The first-order chi connectivity index (χ1) is 8.75. The van der Waals surface area contributed by atoms with Crippen molar-refractivity contribution in [3.05, 3.63) is 62.9 Å². The Morgan fingerprint density at radius 2 is 2.06 bits per heavy atom. The Labute approximate surface area is 117 Å². The summed E-state index contributed by atoms with van der Waals surface area (Å²) >= 11 is 4.94. The molecule has 3 aromatic rings. The van der Waals surface area contributed by atoms with Crippen molar-refractivity contribution in [1.29, 1.82) is 0 Å². The minimum Gasteiger partial charge on any atom is -0.383 e. The SMILES string of the molecule is OC(c1cc(Br)cs1)c1cccc2cccnc12.